The summed E-state index contributed by atoms with van der Waals surface area (Å²) in [6.45, 7) is 4.69. The van der Waals surface area contributed by atoms with Crippen LogP contribution in [0.15, 0.2) is 35.5 Å². The van der Waals surface area contributed by atoms with E-state index in [-0.39, 0.29) is 11.7 Å². The number of aromatic nitrogens is 2. The van der Waals surface area contributed by atoms with Crippen LogP contribution in [0.5, 0.6) is 5.75 Å². The van der Waals surface area contributed by atoms with E-state index in [9.17, 15) is 4.79 Å². The Bertz CT molecular complexity index is 800. The van der Waals surface area contributed by atoms with Gasteiger partial charge in [0.15, 0.2) is 10.3 Å². The molecule has 0 aliphatic carbocycles. The maximum absolute atomic E-state index is 11.3. The Morgan fingerprint density at radius 1 is 1.21 bits per heavy atom. The van der Waals surface area contributed by atoms with E-state index < -0.39 is 0 Å². The van der Waals surface area contributed by atoms with Crippen molar-refractivity contribution >= 4 is 46.6 Å². The number of benzene rings is 1. The number of anilines is 2. The normalized spacial score (nSPS) is 10.2. The summed E-state index contributed by atoms with van der Waals surface area (Å²) in [5.74, 6) is 1.20. The van der Waals surface area contributed by atoms with Crippen LogP contribution in [-0.4, -0.2) is 40.5 Å². The number of hydrogen-bond acceptors (Lipinski definition) is 7. The zero-order valence-electron chi connectivity index (χ0n) is 16.2. The van der Waals surface area contributed by atoms with Gasteiger partial charge >= 0.3 is 5.97 Å². The predicted octanol–water partition coefficient (Wildman–Crippen LogP) is 4.04. The van der Waals surface area contributed by atoms with Gasteiger partial charge in [0.25, 0.3) is 0 Å². The van der Waals surface area contributed by atoms with Gasteiger partial charge in [0.2, 0.25) is 0 Å². The number of hydrogen-bond donors (Lipinski definition) is 2. The maximum atomic E-state index is 11.3. The van der Waals surface area contributed by atoms with E-state index in [0.717, 1.165) is 30.0 Å². The molecule has 0 aliphatic rings. The topological polar surface area (TPSA) is 85.4 Å². The van der Waals surface area contributed by atoms with Crippen molar-refractivity contribution in [2.45, 2.75) is 31.8 Å². The fourth-order valence-corrected chi connectivity index (χ4v) is 3.06. The van der Waals surface area contributed by atoms with Crippen molar-refractivity contribution in [1.29, 1.82) is 0 Å². The Morgan fingerprint density at radius 3 is 2.64 bits per heavy atom. The molecule has 0 bridgehead atoms. The number of unbranched alkanes of at least 4 members (excludes halogenated alkanes) is 1. The molecule has 0 atom stereocenters. The van der Waals surface area contributed by atoms with Gasteiger partial charge in [-0.3, -0.25) is 4.79 Å². The lowest BCUT2D eigenvalue weighted by atomic mass is 10.3. The lowest BCUT2D eigenvalue weighted by Gasteiger charge is -2.12. The predicted molar refractivity (Wildman–Crippen MR) is 116 cm³/mol. The van der Waals surface area contributed by atoms with Gasteiger partial charge < -0.3 is 20.1 Å². The molecular formula is C19H24N4O3S2. The lowest BCUT2D eigenvalue weighted by molar-refractivity contribution is -0.137. The second-order valence-corrected chi connectivity index (χ2v) is 7.20. The molecule has 2 rings (SSSR count). The summed E-state index contributed by atoms with van der Waals surface area (Å²) in [6, 6.07) is 9.38. The van der Waals surface area contributed by atoms with E-state index in [1.165, 1.54) is 18.9 Å². The zero-order chi connectivity index (χ0) is 20.4. The number of carbonyl (C=O) groups is 1. The Morgan fingerprint density at radius 2 is 1.96 bits per heavy atom. The number of esters is 1. The molecule has 1 heterocycles. The summed E-state index contributed by atoms with van der Waals surface area (Å²) in [6.07, 6.45) is 2.14. The zero-order valence-corrected chi connectivity index (χ0v) is 17.8. The molecule has 0 spiro atoms. The Kier molecular flexibility index (Phi) is 8.96. The van der Waals surface area contributed by atoms with E-state index in [2.05, 4.69) is 32.3 Å². The Labute approximate surface area is 174 Å². The molecule has 0 amide bonds. The van der Waals surface area contributed by atoms with Crippen LogP contribution < -0.4 is 15.4 Å². The molecule has 0 unspecified atom stereocenters. The Balaban J connectivity index is 1.91. The standard InChI is InChI=1S/C19H24N4O3S2/c1-4-5-10-26-15-8-6-14(7-9-15)21-18(27)22-16-11-13(2)20-19(23-16)28-12-17(24)25-3/h6-9,11H,4-5,10,12H2,1-3H3,(H2,20,21,22,23,27). The van der Waals surface area contributed by atoms with Crippen LogP contribution in [0, 0.1) is 6.92 Å². The molecule has 0 radical (unpaired) electrons. The summed E-state index contributed by atoms with van der Waals surface area (Å²) in [4.78, 5) is 19.9. The molecule has 9 heteroatoms. The van der Waals surface area contributed by atoms with Crippen molar-refractivity contribution in [1.82, 2.24) is 9.97 Å². The molecule has 2 aromatic rings. The first kappa shape index (κ1) is 21.9. The van der Waals surface area contributed by atoms with Crippen LogP contribution >= 0.6 is 24.0 Å². The average Bonchev–Trinajstić information content (AvgIpc) is 2.67. The van der Waals surface area contributed by atoms with Gasteiger partial charge in [-0.25, -0.2) is 9.97 Å². The number of thiocarbonyl (C=S) groups is 1. The molecule has 0 saturated carbocycles. The molecule has 0 saturated heterocycles. The smallest absolute Gasteiger partial charge is 0.316 e. The summed E-state index contributed by atoms with van der Waals surface area (Å²) in [5.41, 5.74) is 1.60. The lowest BCUT2D eigenvalue weighted by Crippen LogP contribution is -2.20. The van der Waals surface area contributed by atoms with Crippen molar-refractivity contribution in [2.75, 3.05) is 30.1 Å². The third kappa shape index (κ3) is 7.69. The van der Waals surface area contributed by atoms with Crippen molar-refractivity contribution in [3.05, 3.63) is 36.0 Å². The van der Waals surface area contributed by atoms with Crippen LogP contribution in [0.2, 0.25) is 0 Å². The maximum Gasteiger partial charge on any atom is 0.316 e. The van der Waals surface area contributed by atoms with Gasteiger partial charge in [-0.05, 0) is 49.8 Å². The number of nitrogens with one attached hydrogen (secondary N) is 2. The largest absolute Gasteiger partial charge is 0.494 e. The van der Waals surface area contributed by atoms with E-state index in [0.29, 0.717) is 22.7 Å². The molecule has 1 aromatic heterocycles. The third-order valence-electron chi connectivity index (χ3n) is 3.50. The summed E-state index contributed by atoms with van der Waals surface area (Å²) in [5, 5.41) is 7.03. The molecule has 0 fully saturated rings. The van der Waals surface area contributed by atoms with E-state index >= 15 is 0 Å². The first-order chi connectivity index (χ1) is 13.5. The number of carbonyl (C=O) groups excluding carboxylic acids is 1. The van der Waals surface area contributed by atoms with E-state index in [1.807, 2.05) is 31.2 Å². The molecule has 28 heavy (non-hydrogen) atoms. The second kappa shape index (κ2) is 11.5. The monoisotopic (exact) mass is 420 g/mol. The molecule has 150 valence electrons. The van der Waals surface area contributed by atoms with Gasteiger partial charge in [-0.2, -0.15) is 0 Å². The first-order valence-corrected chi connectivity index (χ1v) is 10.3. The number of aryl methyl sites for hydroxylation is 1. The highest BCUT2D eigenvalue weighted by Gasteiger charge is 2.08. The number of rotatable bonds is 9. The fourth-order valence-electron chi connectivity index (χ4n) is 2.10. The van der Waals surface area contributed by atoms with Gasteiger partial charge in [0.05, 0.1) is 19.5 Å². The highest BCUT2D eigenvalue weighted by molar-refractivity contribution is 7.99. The second-order valence-electron chi connectivity index (χ2n) is 5.85. The quantitative estimate of drug-likeness (QED) is 0.205. The van der Waals surface area contributed by atoms with Crippen molar-refractivity contribution in [3.8, 4) is 5.75 Å². The van der Waals surface area contributed by atoms with Crippen LogP contribution in [-0.2, 0) is 9.53 Å². The average molecular weight is 421 g/mol. The van der Waals surface area contributed by atoms with E-state index in [4.69, 9.17) is 17.0 Å². The first-order valence-electron chi connectivity index (χ1n) is 8.86. The molecule has 2 N–H and O–H groups in total. The van der Waals surface area contributed by atoms with Crippen molar-refractivity contribution in [2.24, 2.45) is 0 Å². The fraction of sp³-hybridized carbons (Fsp3) is 0.368. The van der Waals surface area contributed by atoms with Crippen LogP contribution in [0.1, 0.15) is 25.5 Å². The molecule has 7 nitrogen and oxygen atoms in total. The number of methoxy groups -OCH3 is 1. The summed E-state index contributed by atoms with van der Waals surface area (Å²) < 4.78 is 10.3. The van der Waals surface area contributed by atoms with Crippen LogP contribution in [0.3, 0.4) is 0 Å². The van der Waals surface area contributed by atoms with E-state index in [1.54, 1.807) is 6.07 Å². The Hall–Kier alpha value is -2.39. The molecule has 0 aliphatic heterocycles. The molecule has 1 aromatic carbocycles. The molecular weight excluding hydrogens is 396 g/mol. The van der Waals surface area contributed by atoms with Crippen molar-refractivity contribution in [3.63, 3.8) is 0 Å². The minimum Gasteiger partial charge on any atom is -0.494 e. The van der Waals surface area contributed by atoms with Gasteiger partial charge in [-0.15, -0.1) is 0 Å². The van der Waals surface area contributed by atoms with Gasteiger partial charge in [0, 0.05) is 17.4 Å². The van der Waals surface area contributed by atoms with Crippen LogP contribution in [0.4, 0.5) is 11.5 Å². The third-order valence-corrected chi connectivity index (χ3v) is 4.53. The minimum atomic E-state index is -0.330. The van der Waals surface area contributed by atoms with Crippen LogP contribution in [0.25, 0.3) is 0 Å². The number of thioether (sulfide) groups is 1. The SMILES string of the molecule is CCCCOc1ccc(NC(=S)Nc2cc(C)nc(SCC(=O)OC)n2)cc1. The highest BCUT2D eigenvalue weighted by Crippen LogP contribution is 2.18. The number of nitrogens with zero attached hydrogens (tertiary/aromatic N) is 2. The van der Waals surface area contributed by atoms with Crippen molar-refractivity contribution < 1.29 is 14.3 Å². The summed E-state index contributed by atoms with van der Waals surface area (Å²) >= 11 is 6.56. The minimum absolute atomic E-state index is 0.148. The van der Waals surface area contributed by atoms with Gasteiger partial charge in [0.1, 0.15) is 11.6 Å². The summed E-state index contributed by atoms with van der Waals surface area (Å²) in [7, 11) is 1.35. The highest BCUT2D eigenvalue weighted by atomic mass is 32.2. The number of ether oxygens (including phenoxy) is 2. The van der Waals surface area contributed by atoms with Gasteiger partial charge in [-0.1, -0.05) is 25.1 Å².